The van der Waals surface area contributed by atoms with Crippen LogP contribution < -0.4 is 15.4 Å². The highest BCUT2D eigenvalue weighted by Gasteiger charge is 2.34. The Bertz CT molecular complexity index is 789. The molecule has 1 unspecified atom stereocenters. The first-order valence-electron chi connectivity index (χ1n) is 8.66. The Kier molecular flexibility index (Phi) is 5.41. The Morgan fingerprint density at radius 3 is 2.54 bits per heavy atom. The number of hydrogen-bond acceptors (Lipinski definition) is 3. The highest BCUT2D eigenvalue weighted by atomic mass is 16.5. The van der Waals surface area contributed by atoms with E-state index < -0.39 is 6.04 Å². The van der Waals surface area contributed by atoms with Crippen molar-refractivity contribution in [1.82, 2.24) is 4.90 Å². The smallest absolute Gasteiger partial charge is 0.322 e. The molecule has 0 saturated carbocycles. The summed E-state index contributed by atoms with van der Waals surface area (Å²) in [5.74, 6) is 0.389. The molecule has 0 radical (unpaired) electrons. The molecule has 0 bridgehead atoms. The van der Waals surface area contributed by atoms with Crippen molar-refractivity contribution in [3.63, 3.8) is 0 Å². The van der Waals surface area contributed by atoms with Gasteiger partial charge in [-0.1, -0.05) is 29.8 Å². The Morgan fingerprint density at radius 2 is 1.81 bits per heavy atom. The Hall–Kier alpha value is -3.02. The van der Waals surface area contributed by atoms with E-state index in [-0.39, 0.29) is 11.9 Å². The topological polar surface area (TPSA) is 70.7 Å². The van der Waals surface area contributed by atoms with E-state index in [2.05, 4.69) is 10.6 Å². The highest BCUT2D eigenvalue weighted by molar-refractivity contribution is 6.00. The van der Waals surface area contributed by atoms with E-state index >= 15 is 0 Å². The molecule has 2 aromatic carbocycles. The molecule has 3 rings (SSSR count). The van der Waals surface area contributed by atoms with E-state index in [1.807, 2.05) is 43.3 Å². The molecular weight excluding hydrogens is 330 g/mol. The lowest BCUT2D eigenvalue weighted by molar-refractivity contribution is -0.119. The molecule has 6 nitrogen and oxygen atoms in total. The average Bonchev–Trinajstić information content (AvgIpc) is 3.14. The van der Waals surface area contributed by atoms with Crippen LogP contribution in [0.5, 0.6) is 5.75 Å². The maximum absolute atomic E-state index is 12.7. The lowest BCUT2D eigenvalue weighted by Gasteiger charge is -2.24. The van der Waals surface area contributed by atoms with Gasteiger partial charge in [-0.2, -0.15) is 0 Å². The molecule has 1 heterocycles. The van der Waals surface area contributed by atoms with Gasteiger partial charge in [0.2, 0.25) is 5.91 Å². The number of carbonyl (C=O) groups is 2. The summed E-state index contributed by atoms with van der Waals surface area (Å²) in [6.07, 6.45) is 1.44. The number of benzene rings is 2. The lowest BCUT2D eigenvalue weighted by atomic mass is 10.2. The monoisotopic (exact) mass is 353 g/mol. The molecule has 2 N–H and O–H groups in total. The third-order valence-electron chi connectivity index (χ3n) is 4.48. The van der Waals surface area contributed by atoms with Crippen LogP contribution in [0.2, 0.25) is 0 Å². The van der Waals surface area contributed by atoms with Gasteiger partial charge in [-0.05, 0) is 44.0 Å². The minimum Gasteiger partial charge on any atom is -0.495 e. The predicted molar refractivity (Wildman–Crippen MR) is 102 cm³/mol. The van der Waals surface area contributed by atoms with Crippen LogP contribution in [0.15, 0.2) is 48.5 Å². The molecule has 1 atom stereocenters. The Labute approximate surface area is 153 Å². The van der Waals surface area contributed by atoms with E-state index in [1.165, 1.54) is 0 Å². The maximum atomic E-state index is 12.7. The SMILES string of the molecule is COc1ccccc1NC(=O)C1CCCN1C(=O)Nc1ccc(C)cc1. The van der Waals surface area contributed by atoms with Crippen LogP contribution in [-0.4, -0.2) is 36.5 Å². The fourth-order valence-corrected chi connectivity index (χ4v) is 3.08. The fraction of sp³-hybridized carbons (Fsp3) is 0.300. The van der Waals surface area contributed by atoms with Gasteiger partial charge >= 0.3 is 6.03 Å². The van der Waals surface area contributed by atoms with Gasteiger partial charge in [0.25, 0.3) is 0 Å². The lowest BCUT2D eigenvalue weighted by Crippen LogP contribution is -2.45. The van der Waals surface area contributed by atoms with Crippen LogP contribution in [0.25, 0.3) is 0 Å². The van der Waals surface area contributed by atoms with Gasteiger partial charge in [0, 0.05) is 12.2 Å². The summed E-state index contributed by atoms with van der Waals surface area (Å²) in [7, 11) is 1.56. The second-order valence-corrected chi connectivity index (χ2v) is 6.34. The number of likely N-dealkylation sites (tertiary alicyclic amines) is 1. The van der Waals surface area contributed by atoms with Crippen molar-refractivity contribution in [2.45, 2.75) is 25.8 Å². The highest BCUT2D eigenvalue weighted by Crippen LogP contribution is 2.26. The van der Waals surface area contributed by atoms with Crippen molar-refractivity contribution >= 4 is 23.3 Å². The number of rotatable bonds is 4. The second-order valence-electron chi connectivity index (χ2n) is 6.34. The third kappa shape index (κ3) is 3.96. The third-order valence-corrected chi connectivity index (χ3v) is 4.48. The van der Waals surface area contributed by atoms with E-state index in [9.17, 15) is 9.59 Å². The number of anilines is 2. The van der Waals surface area contributed by atoms with Crippen LogP contribution in [0.4, 0.5) is 16.2 Å². The fourth-order valence-electron chi connectivity index (χ4n) is 3.08. The molecule has 6 heteroatoms. The summed E-state index contributed by atoms with van der Waals surface area (Å²) in [5.41, 5.74) is 2.44. The number of nitrogens with one attached hydrogen (secondary N) is 2. The molecule has 2 aromatic rings. The molecule has 0 aromatic heterocycles. The number of para-hydroxylation sites is 2. The molecule has 0 aliphatic carbocycles. The molecule has 0 spiro atoms. The van der Waals surface area contributed by atoms with Crippen molar-refractivity contribution in [2.24, 2.45) is 0 Å². The second kappa shape index (κ2) is 7.91. The zero-order valence-corrected chi connectivity index (χ0v) is 15.0. The van der Waals surface area contributed by atoms with Gasteiger partial charge in [-0.15, -0.1) is 0 Å². The first-order chi connectivity index (χ1) is 12.6. The first-order valence-corrected chi connectivity index (χ1v) is 8.66. The van der Waals surface area contributed by atoms with Crippen molar-refractivity contribution in [1.29, 1.82) is 0 Å². The van der Waals surface area contributed by atoms with E-state index in [0.717, 1.165) is 17.7 Å². The molecule has 3 amide bonds. The maximum Gasteiger partial charge on any atom is 0.322 e. The number of aryl methyl sites for hydroxylation is 1. The van der Waals surface area contributed by atoms with Gasteiger partial charge in [0.1, 0.15) is 11.8 Å². The normalized spacial score (nSPS) is 16.2. The zero-order valence-electron chi connectivity index (χ0n) is 15.0. The van der Waals surface area contributed by atoms with Crippen molar-refractivity contribution in [3.05, 3.63) is 54.1 Å². The molecule has 1 aliphatic heterocycles. The summed E-state index contributed by atoms with van der Waals surface area (Å²) in [4.78, 5) is 26.9. The number of amides is 3. The Balaban J connectivity index is 1.67. The number of ether oxygens (including phenoxy) is 1. The Morgan fingerprint density at radius 1 is 1.08 bits per heavy atom. The first kappa shape index (κ1) is 17.8. The largest absolute Gasteiger partial charge is 0.495 e. The van der Waals surface area contributed by atoms with Crippen molar-refractivity contribution in [3.8, 4) is 5.75 Å². The quantitative estimate of drug-likeness (QED) is 0.882. The zero-order chi connectivity index (χ0) is 18.5. The van der Waals surface area contributed by atoms with E-state index in [4.69, 9.17) is 4.74 Å². The van der Waals surface area contributed by atoms with Crippen LogP contribution in [0.3, 0.4) is 0 Å². The standard InChI is InChI=1S/C20H23N3O3/c1-14-9-11-15(12-10-14)21-20(25)23-13-5-7-17(23)19(24)22-16-6-3-4-8-18(16)26-2/h3-4,6,8-12,17H,5,7,13H2,1-2H3,(H,21,25)(H,22,24). The number of methoxy groups -OCH3 is 1. The minimum absolute atomic E-state index is 0.203. The van der Waals surface area contributed by atoms with Crippen LogP contribution in [0, 0.1) is 6.92 Å². The predicted octanol–water partition coefficient (Wildman–Crippen LogP) is 3.64. The molecule has 1 aliphatic rings. The van der Waals surface area contributed by atoms with Crippen LogP contribution in [-0.2, 0) is 4.79 Å². The van der Waals surface area contributed by atoms with Crippen LogP contribution in [0.1, 0.15) is 18.4 Å². The molecule has 1 saturated heterocycles. The van der Waals surface area contributed by atoms with Gasteiger partial charge < -0.3 is 20.3 Å². The number of urea groups is 1. The molecule has 26 heavy (non-hydrogen) atoms. The summed E-state index contributed by atoms with van der Waals surface area (Å²) >= 11 is 0. The summed E-state index contributed by atoms with van der Waals surface area (Å²) in [6.45, 7) is 2.55. The van der Waals surface area contributed by atoms with Crippen molar-refractivity contribution < 1.29 is 14.3 Å². The average molecular weight is 353 g/mol. The number of hydrogen-bond donors (Lipinski definition) is 2. The van der Waals surface area contributed by atoms with Gasteiger partial charge in [0.05, 0.1) is 12.8 Å². The minimum atomic E-state index is -0.495. The van der Waals surface area contributed by atoms with E-state index in [0.29, 0.717) is 24.4 Å². The number of carbonyl (C=O) groups excluding carboxylic acids is 2. The van der Waals surface area contributed by atoms with Crippen LogP contribution >= 0.6 is 0 Å². The summed E-state index contributed by atoms with van der Waals surface area (Å²) in [5, 5.41) is 5.74. The van der Waals surface area contributed by atoms with E-state index in [1.54, 1.807) is 24.1 Å². The van der Waals surface area contributed by atoms with Crippen molar-refractivity contribution in [2.75, 3.05) is 24.3 Å². The summed E-state index contributed by atoms with van der Waals surface area (Å²) in [6, 6.07) is 14.1. The molecular formula is C20H23N3O3. The molecule has 136 valence electrons. The van der Waals surface area contributed by atoms with Gasteiger partial charge in [-0.3, -0.25) is 4.79 Å². The van der Waals surface area contributed by atoms with Gasteiger partial charge in [0.15, 0.2) is 0 Å². The molecule has 1 fully saturated rings. The van der Waals surface area contributed by atoms with Gasteiger partial charge in [-0.25, -0.2) is 4.79 Å². The summed E-state index contributed by atoms with van der Waals surface area (Å²) < 4.78 is 5.26. The number of nitrogens with zero attached hydrogens (tertiary/aromatic N) is 1.